The summed E-state index contributed by atoms with van der Waals surface area (Å²) in [5.74, 6) is 1.45. The van der Waals surface area contributed by atoms with Crippen LogP contribution in [0.15, 0.2) is 53.5 Å². The van der Waals surface area contributed by atoms with E-state index in [9.17, 15) is 4.39 Å². The van der Waals surface area contributed by atoms with Crippen molar-refractivity contribution in [3.05, 3.63) is 65.5 Å². The Kier molecular flexibility index (Phi) is 8.08. The van der Waals surface area contributed by atoms with E-state index < -0.39 is 0 Å². The van der Waals surface area contributed by atoms with Gasteiger partial charge in [0.25, 0.3) is 0 Å². The van der Waals surface area contributed by atoms with Crippen LogP contribution in [0.3, 0.4) is 0 Å². The number of aliphatic imine (C=N–C) groups is 1. The molecule has 162 valence electrons. The van der Waals surface area contributed by atoms with E-state index in [1.807, 2.05) is 18.2 Å². The third kappa shape index (κ3) is 5.95. The normalized spacial score (nSPS) is 16.2. The van der Waals surface area contributed by atoms with Crippen LogP contribution in [0.25, 0.3) is 0 Å². The van der Waals surface area contributed by atoms with E-state index in [1.165, 1.54) is 11.6 Å². The number of ether oxygens (including phenoxy) is 2. The molecule has 2 aromatic rings. The van der Waals surface area contributed by atoms with Crippen LogP contribution >= 0.6 is 0 Å². The van der Waals surface area contributed by atoms with Crippen LogP contribution < -0.4 is 15.4 Å². The van der Waals surface area contributed by atoms with Gasteiger partial charge in [-0.2, -0.15) is 0 Å². The molecule has 0 bridgehead atoms. The maximum atomic E-state index is 13.9. The molecule has 0 spiro atoms. The first-order valence-corrected chi connectivity index (χ1v) is 10.6. The highest BCUT2D eigenvalue weighted by molar-refractivity contribution is 5.79. The quantitative estimate of drug-likeness (QED) is 0.512. The maximum Gasteiger partial charge on any atom is 0.191 e. The topological polar surface area (TPSA) is 54.9 Å². The summed E-state index contributed by atoms with van der Waals surface area (Å²) in [4.78, 5) is 4.87. The van der Waals surface area contributed by atoms with Crippen molar-refractivity contribution in [3.63, 3.8) is 0 Å². The third-order valence-electron chi connectivity index (χ3n) is 5.64. The predicted octanol–water partition coefficient (Wildman–Crippen LogP) is 3.68. The van der Waals surface area contributed by atoms with E-state index in [0.29, 0.717) is 19.8 Å². The number of rotatable bonds is 8. The Morgan fingerprint density at radius 2 is 1.90 bits per heavy atom. The van der Waals surface area contributed by atoms with Gasteiger partial charge in [-0.1, -0.05) is 24.3 Å². The third-order valence-corrected chi connectivity index (χ3v) is 5.64. The fraction of sp³-hybridized carbons (Fsp3) is 0.458. The molecule has 1 aliphatic rings. The zero-order valence-electron chi connectivity index (χ0n) is 17.9. The summed E-state index contributed by atoms with van der Waals surface area (Å²) in [6.45, 7) is 5.55. The Morgan fingerprint density at radius 1 is 1.13 bits per heavy atom. The fourth-order valence-electron chi connectivity index (χ4n) is 3.81. The van der Waals surface area contributed by atoms with Crippen LogP contribution in [-0.2, 0) is 16.6 Å². The molecule has 1 fully saturated rings. The van der Waals surface area contributed by atoms with Crippen LogP contribution in [0.4, 0.5) is 4.39 Å². The SMILES string of the molecule is CCNC(=NCC1(c2cccc(F)c2)CCOCC1)NCCc1ccc(OC)cc1. The molecule has 0 atom stereocenters. The number of hydrogen-bond donors (Lipinski definition) is 2. The Morgan fingerprint density at radius 3 is 2.57 bits per heavy atom. The molecule has 0 saturated carbocycles. The van der Waals surface area contributed by atoms with Crippen LogP contribution in [0.5, 0.6) is 5.75 Å². The van der Waals surface area contributed by atoms with Crippen LogP contribution in [-0.4, -0.2) is 45.9 Å². The van der Waals surface area contributed by atoms with Gasteiger partial charge in [0.2, 0.25) is 0 Å². The minimum Gasteiger partial charge on any atom is -0.497 e. The number of nitrogens with one attached hydrogen (secondary N) is 2. The molecule has 30 heavy (non-hydrogen) atoms. The summed E-state index contributed by atoms with van der Waals surface area (Å²) < 4.78 is 24.7. The van der Waals surface area contributed by atoms with E-state index in [4.69, 9.17) is 14.5 Å². The minimum absolute atomic E-state index is 0.196. The molecule has 0 amide bonds. The van der Waals surface area contributed by atoms with E-state index in [1.54, 1.807) is 19.2 Å². The molecule has 6 heteroatoms. The molecular formula is C24H32FN3O2. The van der Waals surface area contributed by atoms with E-state index in [2.05, 4.69) is 29.7 Å². The highest BCUT2D eigenvalue weighted by atomic mass is 19.1. The first kappa shape index (κ1) is 22.1. The van der Waals surface area contributed by atoms with Crippen LogP contribution in [0.1, 0.15) is 30.9 Å². The second-order valence-corrected chi connectivity index (χ2v) is 7.62. The Bertz CT molecular complexity index is 817. The summed E-state index contributed by atoms with van der Waals surface area (Å²) >= 11 is 0. The maximum absolute atomic E-state index is 13.9. The lowest BCUT2D eigenvalue weighted by Crippen LogP contribution is -2.41. The van der Waals surface area contributed by atoms with Gasteiger partial charge in [-0.15, -0.1) is 0 Å². The number of guanidine groups is 1. The smallest absolute Gasteiger partial charge is 0.191 e. The molecule has 0 unspecified atom stereocenters. The molecular weight excluding hydrogens is 381 g/mol. The molecule has 1 saturated heterocycles. The van der Waals surface area contributed by atoms with Gasteiger partial charge in [0.05, 0.1) is 13.7 Å². The molecule has 2 N–H and O–H groups in total. The Labute approximate surface area is 178 Å². The van der Waals surface area contributed by atoms with Gasteiger partial charge < -0.3 is 20.1 Å². The van der Waals surface area contributed by atoms with Crippen molar-refractivity contribution in [2.24, 2.45) is 4.99 Å². The second kappa shape index (κ2) is 11.0. The lowest BCUT2D eigenvalue weighted by atomic mass is 9.74. The molecule has 5 nitrogen and oxygen atoms in total. The average Bonchev–Trinajstić information content (AvgIpc) is 2.78. The number of halogens is 1. The van der Waals surface area contributed by atoms with Gasteiger partial charge in [-0.05, 0) is 61.6 Å². The van der Waals surface area contributed by atoms with Crippen molar-refractivity contribution in [1.82, 2.24) is 10.6 Å². The molecule has 3 rings (SSSR count). The van der Waals surface area contributed by atoms with Gasteiger partial charge in [0, 0.05) is 31.7 Å². The minimum atomic E-state index is -0.202. The monoisotopic (exact) mass is 413 g/mol. The van der Waals surface area contributed by atoms with Crippen molar-refractivity contribution in [2.45, 2.75) is 31.6 Å². The molecule has 0 radical (unpaired) electrons. The lowest BCUT2D eigenvalue weighted by molar-refractivity contribution is 0.0530. The number of benzene rings is 2. The molecule has 1 aliphatic heterocycles. The largest absolute Gasteiger partial charge is 0.497 e. The first-order chi connectivity index (χ1) is 14.6. The number of nitrogens with zero attached hydrogens (tertiary/aromatic N) is 1. The predicted molar refractivity (Wildman–Crippen MR) is 119 cm³/mol. The van der Waals surface area contributed by atoms with E-state index in [-0.39, 0.29) is 11.2 Å². The van der Waals surface area contributed by atoms with Crippen molar-refractivity contribution >= 4 is 5.96 Å². The van der Waals surface area contributed by atoms with Crippen LogP contribution in [0.2, 0.25) is 0 Å². The molecule has 2 aromatic carbocycles. The van der Waals surface area contributed by atoms with Gasteiger partial charge >= 0.3 is 0 Å². The number of methoxy groups -OCH3 is 1. The van der Waals surface area contributed by atoms with Gasteiger partial charge in [0.1, 0.15) is 11.6 Å². The molecule has 1 heterocycles. The van der Waals surface area contributed by atoms with Crippen molar-refractivity contribution < 1.29 is 13.9 Å². The van der Waals surface area contributed by atoms with Crippen molar-refractivity contribution in [2.75, 3.05) is 40.0 Å². The highest BCUT2D eigenvalue weighted by Gasteiger charge is 2.34. The Hall–Kier alpha value is -2.60. The molecule has 0 aromatic heterocycles. The van der Waals surface area contributed by atoms with Crippen molar-refractivity contribution in [1.29, 1.82) is 0 Å². The molecule has 0 aliphatic carbocycles. The zero-order valence-corrected chi connectivity index (χ0v) is 17.9. The van der Waals surface area contributed by atoms with Crippen LogP contribution in [0, 0.1) is 5.82 Å². The lowest BCUT2D eigenvalue weighted by Gasteiger charge is -2.36. The second-order valence-electron chi connectivity index (χ2n) is 7.62. The van der Waals surface area contributed by atoms with Gasteiger partial charge in [-0.3, -0.25) is 4.99 Å². The summed E-state index contributed by atoms with van der Waals surface area (Å²) in [7, 11) is 1.67. The average molecular weight is 414 g/mol. The summed E-state index contributed by atoms with van der Waals surface area (Å²) in [6.07, 6.45) is 2.56. The summed E-state index contributed by atoms with van der Waals surface area (Å²) in [6, 6.07) is 15.0. The summed E-state index contributed by atoms with van der Waals surface area (Å²) in [5.41, 5.74) is 2.04. The van der Waals surface area contributed by atoms with Crippen molar-refractivity contribution in [3.8, 4) is 5.75 Å². The Balaban J connectivity index is 1.66. The van der Waals surface area contributed by atoms with E-state index in [0.717, 1.165) is 49.6 Å². The number of hydrogen-bond acceptors (Lipinski definition) is 3. The first-order valence-electron chi connectivity index (χ1n) is 10.6. The van der Waals surface area contributed by atoms with Gasteiger partial charge in [0.15, 0.2) is 5.96 Å². The van der Waals surface area contributed by atoms with Gasteiger partial charge in [-0.25, -0.2) is 4.39 Å². The summed E-state index contributed by atoms with van der Waals surface area (Å²) in [5, 5.41) is 6.74. The van der Waals surface area contributed by atoms with E-state index >= 15 is 0 Å². The fourth-order valence-corrected chi connectivity index (χ4v) is 3.81. The zero-order chi connectivity index (χ0) is 21.2. The highest BCUT2D eigenvalue weighted by Crippen LogP contribution is 2.35. The standard InChI is InChI=1S/C24H32FN3O2/c1-3-26-23(27-14-11-19-7-9-22(29-2)10-8-19)28-18-24(12-15-30-16-13-24)20-5-4-6-21(25)17-20/h4-10,17H,3,11-16,18H2,1-2H3,(H2,26,27,28).